The van der Waals surface area contributed by atoms with E-state index in [4.69, 9.17) is 23.7 Å². The third-order valence-electron chi connectivity index (χ3n) is 8.32. The molecule has 0 radical (unpaired) electrons. The summed E-state index contributed by atoms with van der Waals surface area (Å²) in [4.78, 5) is 33.9. The van der Waals surface area contributed by atoms with Crippen molar-refractivity contribution >= 4 is 23.2 Å². The van der Waals surface area contributed by atoms with Gasteiger partial charge >= 0.3 is 0 Å². The van der Waals surface area contributed by atoms with Crippen molar-refractivity contribution in [1.82, 2.24) is 4.90 Å². The fraction of sp³-hybridized carbons (Fsp3) is 0.394. The SMILES string of the molecule is COc1ccc([C@@H]2[C@H](C(=O)N3CCN(c4ccccc4OC)CC3)CCC(=O)N2c2cc(OC)c(OC)c(OC)c2)cc1. The molecule has 2 heterocycles. The Bertz CT molecular complexity index is 1410. The number of carbonyl (C=O) groups excluding carboxylic acids is 2. The van der Waals surface area contributed by atoms with E-state index >= 15 is 0 Å². The van der Waals surface area contributed by atoms with Crippen LogP contribution in [0.3, 0.4) is 0 Å². The topological polar surface area (TPSA) is 90.0 Å². The number of amides is 2. The molecule has 228 valence electrons. The zero-order chi connectivity index (χ0) is 30.5. The van der Waals surface area contributed by atoms with Crippen LogP contribution in [0.15, 0.2) is 60.7 Å². The minimum atomic E-state index is -0.547. The summed E-state index contributed by atoms with van der Waals surface area (Å²) in [5.74, 6) is 2.29. The molecule has 0 N–H and O–H groups in total. The Morgan fingerprint density at radius 3 is 1.95 bits per heavy atom. The predicted octanol–water partition coefficient (Wildman–Crippen LogP) is 4.56. The van der Waals surface area contributed by atoms with Gasteiger partial charge in [-0.1, -0.05) is 24.3 Å². The number of hydrogen-bond donors (Lipinski definition) is 0. The van der Waals surface area contributed by atoms with Crippen molar-refractivity contribution in [3.8, 4) is 28.7 Å². The van der Waals surface area contributed by atoms with E-state index in [9.17, 15) is 9.59 Å². The highest BCUT2D eigenvalue weighted by Crippen LogP contribution is 2.47. The van der Waals surface area contributed by atoms with Crippen molar-refractivity contribution in [3.05, 3.63) is 66.2 Å². The van der Waals surface area contributed by atoms with Crippen LogP contribution in [0.4, 0.5) is 11.4 Å². The van der Waals surface area contributed by atoms with Crippen molar-refractivity contribution in [2.75, 3.05) is 71.5 Å². The van der Waals surface area contributed by atoms with Crippen LogP contribution in [0.5, 0.6) is 28.7 Å². The summed E-state index contributed by atoms with van der Waals surface area (Å²) in [7, 11) is 7.89. The zero-order valence-corrected chi connectivity index (χ0v) is 25.4. The average molecular weight is 590 g/mol. The van der Waals surface area contributed by atoms with Crippen LogP contribution in [-0.4, -0.2) is 78.4 Å². The Morgan fingerprint density at radius 2 is 1.37 bits per heavy atom. The minimum Gasteiger partial charge on any atom is -0.497 e. The monoisotopic (exact) mass is 589 g/mol. The van der Waals surface area contributed by atoms with E-state index in [2.05, 4.69) is 4.90 Å². The first-order valence-electron chi connectivity index (χ1n) is 14.4. The number of piperazine rings is 1. The van der Waals surface area contributed by atoms with E-state index in [0.29, 0.717) is 61.3 Å². The predicted molar refractivity (Wildman–Crippen MR) is 164 cm³/mol. The van der Waals surface area contributed by atoms with Crippen molar-refractivity contribution in [1.29, 1.82) is 0 Å². The molecule has 3 aromatic rings. The van der Waals surface area contributed by atoms with E-state index in [-0.39, 0.29) is 18.2 Å². The van der Waals surface area contributed by atoms with Crippen LogP contribution in [0.2, 0.25) is 0 Å². The first-order chi connectivity index (χ1) is 20.9. The van der Waals surface area contributed by atoms with Crippen LogP contribution in [0.1, 0.15) is 24.4 Å². The van der Waals surface area contributed by atoms with Gasteiger partial charge in [0.1, 0.15) is 11.5 Å². The standard InChI is InChI=1S/C33H39N3O7/c1-39-24-12-10-22(11-13-24)31-25(33(38)35-18-16-34(17-19-35)26-8-6-7-9-27(26)40-2)14-15-30(37)36(31)23-20-28(41-3)32(43-5)29(21-23)42-4/h6-13,20-21,25,31H,14-19H2,1-5H3/t25-,31-/m1/s1. The fourth-order valence-corrected chi connectivity index (χ4v) is 6.14. The number of methoxy groups -OCH3 is 5. The van der Waals surface area contributed by atoms with Crippen LogP contribution < -0.4 is 33.5 Å². The number of hydrogen-bond acceptors (Lipinski definition) is 8. The van der Waals surface area contributed by atoms with Gasteiger partial charge in [0.05, 0.1) is 58.9 Å². The highest BCUT2D eigenvalue weighted by molar-refractivity contribution is 5.98. The highest BCUT2D eigenvalue weighted by atomic mass is 16.5. The Hall–Kier alpha value is -4.60. The molecule has 3 aromatic carbocycles. The normalized spacial score (nSPS) is 18.7. The molecule has 2 amide bonds. The number of rotatable bonds is 9. The first-order valence-corrected chi connectivity index (χ1v) is 14.4. The first kappa shape index (κ1) is 29.9. The molecule has 10 nitrogen and oxygen atoms in total. The van der Waals surface area contributed by atoms with Crippen molar-refractivity contribution in [3.63, 3.8) is 0 Å². The van der Waals surface area contributed by atoms with Crippen LogP contribution in [-0.2, 0) is 9.59 Å². The smallest absolute Gasteiger partial charge is 0.228 e. The lowest BCUT2D eigenvalue weighted by Crippen LogP contribution is -2.54. The zero-order valence-electron chi connectivity index (χ0n) is 25.4. The quantitative estimate of drug-likeness (QED) is 0.359. The molecule has 0 aromatic heterocycles. The summed E-state index contributed by atoms with van der Waals surface area (Å²) in [5.41, 5.74) is 2.43. The second kappa shape index (κ2) is 13.1. The van der Waals surface area contributed by atoms with E-state index in [1.165, 1.54) is 21.3 Å². The van der Waals surface area contributed by atoms with Gasteiger partial charge in [-0.25, -0.2) is 0 Å². The van der Waals surface area contributed by atoms with Gasteiger partial charge in [0.15, 0.2) is 11.5 Å². The molecule has 0 bridgehead atoms. The molecule has 43 heavy (non-hydrogen) atoms. The lowest BCUT2D eigenvalue weighted by molar-refractivity contribution is -0.138. The van der Waals surface area contributed by atoms with E-state index in [1.807, 2.05) is 53.4 Å². The molecule has 0 aliphatic carbocycles. The molecule has 2 saturated heterocycles. The summed E-state index contributed by atoms with van der Waals surface area (Å²) in [6.45, 7) is 2.50. The molecular formula is C33H39N3O7. The molecule has 2 atom stereocenters. The second-order valence-electron chi connectivity index (χ2n) is 10.5. The summed E-state index contributed by atoms with van der Waals surface area (Å²) >= 11 is 0. The van der Waals surface area contributed by atoms with Crippen LogP contribution in [0, 0.1) is 5.92 Å². The Morgan fingerprint density at radius 1 is 0.744 bits per heavy atom. The summed E-state index contributed by atoms with van der Waals surface area (Å²) in [6, 6.07) is 18.5. The molecule has 2 aliphatic heterocycles. The highest BCUT2D eigenvalue weighted by Gasteiger charge is 2.44. The van der Waals surface area contributed by atoms with Gasteiger partial charge in [-0.15, -0.1) is 0 Å². The van der Waals surface area contributed by atoms with E-state index < -0.39 is 12.0 Å². The van der Waals surface area contributed by atoms with Crippen molar-refractivity contribution in [2.45, 2.75) is 18.9 Å². The van der Waals surface area contributed by atoms with Crippen LogP contribution >= 0.6 is 0 Å². The number of benzene rings is 3. The van der Waals surface area contributed by atoms with Crippen LogP contribution in [0.25, 0.3) is 0 Å². The van der Waals surface area contributed by atoms with E-state index in [1.54, 1.807) is 31.3 Å². The number of anilines is 2. The Labute approximate surface area is 252 Å². The summed E-state index contributed by atoms with van der Waals surface area (Å²) in [6.07, 6.45) is 0.683. The third-order valence-corrected chi connectivity index (χ3v) is 8.32. The Balaban J connectivity index is 1.48. The van der Waals surface area contributed by atoms with Crippen molar-refractivity contribution < 1.29 is 33.3 Å². The van der Waals surface area contributed by atoms with Gasteiger partial charge in [0, 0.05) is 44.7 Å². The van der Waals surface area contributed by atoms with E-state index in [0.717, 1.165) is 17.0 Å². The molecule has 0 spiro atoms. The molecule has 10 heteroatoms. The molecule has 0 saturated carbocycles. The second-order valence-corrected chi connectivity index (χ2v) is 10.5. The fourth-order valence-electron chi connectivity index (χ4n) is 6.14. The number of piperidine rings is 1. The summed E-state index contributed by atoms with van der Waals surface area (Å²) in [5, 5.41) is 0. The third kappa shape index (κ3) is 5.86. The molecule has 0 unspecified atom stereocenters. The average Bonchev–Trinajstić information content (AvgIpc) is 3.07. The van der Waals surface area contributed by atoms with Gasteiger partial charge in [0.25, 0.3) is 0 Å². The van der Waals surface area contributed by atoms with Gasteiger partial charge in [0.2, 0.25) is 17.6 Å². The molecule has 2 aliphatic rings. The van der Waals surface area contributed by atoms with Gasteiger partial charge in [-0.3, -0.25) is 9.59 Å². The van der Waals surface area contributed by atoms with Gasteiger partial charge in [-0.05, 0) is 36.2 Å². The maximum absolute atomic E-state index is 14.3. The van der Waals surface area contributed by atoms with Gasteiger partial charge < -0.3 is 38.4 Å². The molecule has 5 rings (SSSR count). The lowest BCUT2D eigenvalue weighted by Gasteiger charge is -2.44. The maximum atomic E-state index is 14.3. The Kier molecular flexibility index (Phi) is 9.13. The minimum absolute atomic E-state index is 0.0328. The number of carbonyl (C=O) groups is 2. The van der Waals surface area contributed by atoms with Gasteiger partial charge in [-0.2, -0.15) is 0 Å². The number of ether oxygens (including phenoxy) is 5. The lowest BCUT2D eigenvalue weighted by atomic mass is 9.82. The summed E-state index contributed by atoms with van der Waals surface area (Å²) < 4.78 is 27.7. The maximum Gasteiger partial charge on any atom is 0.228 e. The molecule has 2 fully saturated rings. The van der Waals surface area contributed by atoms with Crippen molar-refractivity contribution in [2.24, 2.45) is 5.92 Å². The molecular weight excluding hydrogens is 550 g/mol. The largest absolute Gasteiger partial charge is 0.497 e. The number of nitrogens with zero attached hydrogens (tertiary/aromatic N) is 3. The number of para-hydroxylation sites is 2.